The second kappa shape index (κ2) is 15.0. The topological polar surface area (TPSA) is 61.4 Å². The number of benzene rings is 3. The van der Waals surface area contributed by atoms with Gasteiger partial charge in [-0.2, -0.15) is 0 Å². The fourth-order valence-corrected chi connectivity index (χ4v) is 6.82. The predicted molar refractivity (Wildman–Crippen MR) is 194 cm³/mol. The summed E-state index contributed by atoms with van der Waals surface area (Å²) in [5.41, 5.74) is 8.09. The number of phenols is 1. The summed E-state index contributed by atoms with van der Waals surface area (Å²) in [5.74, 6) is 1.07. The predicted octanol–water partition coefficient (Wildman–Crippen LogP) is 8.63. The molecule has 3 N–H and O–H groups in total. The largest absolute Gasteiger partial charge is 0.507 e. The first-order valence-electron chi connectivity index (χ1n) is 17.3. The van der Waals surface area contributed by atoms with Crippen LogP contribution in [0.4, 0.5) is 0 Å². The van der Waals surface area contributed by atoms with Crippen LogP contribution in [0.25, 0.3) is 29.0 Å². The van der Waals surface area contributed by atoms with Gasteiger partial charge in [0.2, 0.25) is 0 Å². The van der Waals surface area contributed by atoms with E-state index in [0.29, 0.717) is 17.7 Å². The van der Waals surface area contributed by atoms with E-state index in [-0.39, 0.29) is 11.9 Å². The molecule has 0 unspecified atom stereocenters. The van der Waals surface area contributed by atoms with Crippen molar-refractivity contribution in [1.29, 1.82) is 0 Å². The number of amides is 1. The van der Waals surface area contributed by atoms with E-state index >= 15 is 0 Å². The molecule has 5 rings (SSSR count). The Hall–Kier alpha value is -4.05. The van der Waals surface area contributed by atoms with Gasteiger partial charge in [-0.05, 0) is 133 Å². The summed E-state index contributed by atoms with van der Waals surface area (Å²) in [6, 6.07) is 21.0. The summed E-state index contributed by atoms with van der Waals surface area (Å²) in [6.07, 6.45) is 16.9. The molecule has 46 heavy (non-hydrogen) atoms. The van der Waals surface area contributed by atoms with E-state index in [2.05, 4.69) is 92.9 Å². The van der Waals surface area contributed by atoms with E-state index in [4.69, 9.17) is 0 Å². The van der Waals surface area contributed by atoms with Crippen LogP contribution in [0, 0.1) is 11.3 Å². The first kappa shape index (κ1) is 33.3. The van der Waals surface area contributed by atoms with Crippen molar-refractivity contribution < 1.29 is 9.90 Å². The number of hydrogen-bond donors (Lipinski definition) is 3. The number of hydrogen-bond acceptors (Lipinski definition) is 3. The van der Waals surface area contributed by atoms with Crippen LogP contribution in [0.5, 0.6) is 5.75 Å². The van der Waals surface area contributed by atoms with Gasteiger partial charge in [0.05, 0.1) is 0 Å². The molecule has 1 amide bonds. The van der Waals surface area contributed by atoms with Crippen LogP contribution in [0.1, 0.15) is 107 Å². The average molecular weight is 617 g/mol. The number of nitrogens with one attached hydrogen (secondary N) is 2. The molecule has 0 saturated heterocycles. The van der Waals surface area contributed by atoms with Gasteiger partial charge < -0.3 is 15.7 Å². The van der Waals surface area contributed by atoms with Crippen LogP contribution >= 0.6 is 0 Å². The molecule has 2 saturated carbocycles. The van der Waals surface area contributed by atoms with E-state index in [1.54, 1.807) is 0 Å². The van der Waals surface area contributed by atoms with Gasteiger partial charge in [0.25, 0.3) is 5.91 Å². The van der Waals surface area contributed by atoms with Crippen LogP contribution in [-0.2, 0) is 6.54 Å². The molecule has 0 aliphatic heterocycles. The van der Waals surface area contributed by atoms with Gasteiger partial charge >= 0.3 is 0 Å². The van der Waals surface area contributed by atoms with Gasteiger partial charge in [-0.1, -0.05) is 82.3 Å². The maximum atomic E-state index is 13.0. The van der Waals surface area contributed by atoms with Gasteiger partial charge in [0.15, 0.2) is 0 Å². The summed E-state index contributed by atoms with van der Waals surface area (Å²) in [6.45, 7) is 11.8. The third-order valence-electron chi connectivity index (χ3n) is 9.83. The zero-order valence-corrected chi connectivity index (χ0v) is 28.5. The minimum Gasteiger partial charge on any atom is -0.507 e. The van der Waals surface area contributed by atoms with E-state index in [1.807, 2.05) is 37.3 Å². The minimum absolute atomic E-state index is 0.0333. The van der Waals surface area contributed by atoms with E-state index in [0.717, 1.165) is 76.3 Å². The van der Waals surface area contributed by atoms with E-state index < -0.39 is 0 Å². The second-order valence-corrected chi connectivity index (χ2v) is 14.2. The van der Waals surface area contributed by atoms with Gasteiger partial charge in [-0.15, -0.1) is 0 Å². The van der Waals surface area contributed by atoms with Crippen LogP contribution in [0.3, 0.4) is 0 Å². The summed E-state index contributed by atoms with van der Waals surface area (Å²) in [5, 5.41) is 19.9. The highest BCUT2D eigenvalue weighted by Gasteiger charge is 2.30. The van der Waals surface area contributed by atoms with Crippen molar-refractivity contribution >= 4 is 23.8 Å². The van der Waals surface area contributed by atoms with E-state index in [9.17, 15) is 9.90 Å². The Labute approximate surface area is 276 Å². The molecular formula is C42H52N2O2. The lowest BCUT2D eigenvalue weighted by Gasteiger charge is -2.37. The molecule has 0 radical (unpaired) electrons. The second-order valence-electron chi connectivity index (χ2n) is 14.2. The highest BCUT2D eigenvalue weighted by atomic mass is 16.3. The highest BCUT2D eigenvalue weighted by molar-refractivity contribution is 5.94. The van der Waals surface area contributed by atoms with Crippen LogP contribution in [0.15, 0.2) is 78.4 Å². The van der Waals surface area contributed by atoms with Crippen molar-refractivity contribution in [2.75, 3.05) is 0 Å². The summed E-state index contributed by atoms with van der Waals surface area (Å²) in [4.78, 5) is 13.0. The highest BCUT2D eigenvalue weighted by Crippen LogP contribution is 2.38. The Morgan fingerprint density at radius 2 is 1.67 bits per heavy atom. The number of phenolic OH excluding ortho intramolecular Hbond substituents is 1. The monoisotopic (exact) mass is 616 g/mol. The maximum Gasteiger partial charge on any atom is 0.251 e. The van der Waals surface area contributed by atoms with Crippen molar-refractivity contribution in [1.82, 2.24) is 10.6 Å². The third kappa shape index (κ3) is 8.20. The zero-order valence-electron chi connectivity index (χ0n) is 28.5. The molecule has 0 aromatic heterocycles. The number of aromatic hydroxyl groups is 1. The summed E-state index contributed by atoms with van der Waals surface area (Å²) >= 11 is 0. The smallest absolute Gasteiger partial charge is 0.251 e. The van der Waals surface area contributed by atoms with Crippen LogP contribution in [-0.4, -0.2) is 17.1 Å². The van der Waals surface area contributed by atoms with Gasteiger partial charge in [0.1, 0.15) is 5.75 Å². The SMILES string of the molecule is C\C=C/C=c1/cc(-c2cccc(C(NCc3ccc(C(=O)NC4CCC(C(C)(C)C)CC4)cc3)=C3CCC3)c2)cc(O)/c1=C\CC. The Balaban J connectivity index is 1.28. The minimum atomic E-state index is 0.0333. The summed E-state index contributed by atoms with van der Waals surface area (Å²) in [7, 11) is 0. The normalized spacial score (nSPS) is 19.3. The molecule has 2 aliphatic carbocycles. The standard InChI is InChI=1S/C42H52N2O2/c1-6-8-12-33-26-35(27-39(45)38(33)11-7-2)32-15-10-16-34(25-32)40(30-13-9-14-30)43-28-29-17-19-31(20-18-29)41(46)44-37-23-21-36(22-24-37)42(3,4)5/h6,8,10-12,15-20,25-27,36-37,43,45H,7,9,13-14,21-24,28H2,1-5H3,(H,44,46)/b8-6-,33-12-,38-11-. The van der Waals surface area contributed by atoms with Gasteiger partial charge in [0, 0.05) is 29.1 Å². The third-order valence-corrected chi connectivity index (χ3v) is 9.83. The Bertz CT molecular complexity index is 1690. The van der Waals surface area contributed by atoms with Crippen molar-refractivity contribution in [3.8, 4) is 16.9 Å². The number of allylic oxidation sites excluding steroid dienone is 3. The molecule has 2 aliphatic rings. The Morgan fingerprint density at radius 3 is 2.30 bits per heavy atom. The molecule has 0 bridgehead atoms. The molecule has 4 nitrogen and oxygen atoms in total. The first-order chi connectivity index (χ1) is 22.2. The molecular weight excluding hydrogens is 564 g/mol. The molecule has 3 aromatic rings. The number of carbonyl (C=O) groups excluding carboxylic acids is 1. The number of carbonyl (C=O) groups is 1. The Morgan fingerprint density at radius 1 is 0.935 bits per heavy atom. The van der Waals surface area contributed by atoms with Gasteiger partial charge in [-0.3, -0.25) is 4.79 Å². The molecule has 0 atom stereocenters. The van der Waals surface area contributed by atoms with Crippen molar-refractivity contribution in [3.05, 3.63) is 106 Å². The molecule has 4 heteroatoms. The van der Waals surface area contributed by atoms with Crippen molar-refractivity contribution in [2.24, 2.45) is 11.3 Å². The van der Waals surface area contributed by atoms with E-state index in [1.165, 1.54) is 30.5 Å². The molecule has 3 aromatic carbocycles. The van der Waals surface area contributed by atoms with Crippen molar-refractivity contribution in [2.45, 2.75) is 98.6 Å². The lowest BCUT2D eigenvalue weighted by atomic mass is 9.71. The molecule has 0 spiro atoms. The fraction of sp³-hybridized carbons (Fsp3) is 0.405. The summed E-state index contributed by atoms with van der Waals surface area (Å²) < 4.78 is 0. The lowest BCUT2D eigenvalue weighted by Crippen LogP contribution is -2.39. The molecule has 2 fully saturated rings. The van der Waals surface area contributed by atoms with Crippen LogP contribution in [0.2, 0.25) is 0 Å². The lowest BCUT2D eigenvalue weighted by molar-refractivity contribution is 0.0904. The zero-order chi connectivity index (χ0) is 32.7. The van der Waals surface area contributed by atoms with Gasteiger partial charge in [-0.25, -0.2) is 0 Å². The average Bonchev–Trinajstić information content (AvgIpc) is 3.02. The van der Waals surface area contributed by atoms with Crippen molar-refractivity contribution in [3.63, 3.8) is 0 Å². The fourth-order valence-electron chi connectivity index (χ4n) is 6.82. The Kier molecular flexibility index (Phi) is 10.9. The first-order valence-corrected chi connectivity index (χ1v) is 17.3. The maximum absolute atomic E-state index is 13.0. The molecule has 242 valence electrons. The number of rotatable bonds is 9. The quantitative estimate of drug-likeness (QED) is 0.226. The van der Waals surface area contributed by atoms with Crippen LogP contribution < -0.4 is 21.1 Å². The molecule has 0 heterocycles.